The van der Waals surface area contributed by atoms with Crippen LogP contribution in [0.2, 0.25) is 0 Å². The molecule has 0 heterocycles. The Kier molecular flexibility index (Phi) is 5.64. The zero-order valence-electron chi connectivity index (χ0n) is 12.5. The van der Waals surface area contributed by atoms with Gasteiger partial charge in [-0.05, 0) is 89.6 Å². The predicted molar refractivity (Wildman–Crippen MR) is 102 cm³/mol. The molecular weight excluding hydrogens is 407 g/mol. The molecule has 0 saturated heterocycles. The molecular formula is C19H20ClIO. The molecule has 0 atom stereocenters. The van der Waals surface area contributed by atoms with Crippen molar-refractivity contribution in [3.8, 4) is 16.9 Å². The standard InChI is InChI=1S/C19H20ClIO/c20-17-9-7-14(8-10-17)13-22-19-6-2-4-16(12-19)15-3-1-5-18(21)11-15/h1-6,11-12,14,17H,7-10,13H2/t14-,17-. The fourth-order valence-corrected chi connectivity index (χ4v) is 3.73. The van der Waals surface area contributed by atoms with Gasteiger partial charge in [-0.25, -0.2) is 0 Å². The van der Waals surface area contributed by atoms with Crippen LogP contribution in [0.15, 0.2) is 48.5 Å². The molecule has 22 heavy (non-hydrogen) atoms. The highest BCUT2D eigenvalue weighted by atomic mass is 127. The highest BCUT2D eigenvalue weighted by molar-refractivity contribution is 14.1. The molecule has 2 aromatic carbocycles. The zero-order chi connectivity index (χ0) is 15.4. The second-order valence-corrected chi connectivity index (χ2v) is 7.83. The Morgan fingerprint density at radius 1 is 0.955 bits per heavy atom. The highest BCUT2D eigenvalue weighted by Crippen LogP contribution is 2.29. The van der Waals surface area contributed by atoms with E-state index in [0.717, 1.165) is 25.2 Å². The van der Waals surface area contributed by atoms with Gasteiger partial charge in [0.15, 0.2) is 0 Å². The van der Waals surface area contributed by atoms with Gasteiger partial charge in [-0.15, -0.1) is 11.6 Å². The fraction of sp³-hybridized carbons (Fsp3) is 0.368. The van der Waals surface area contributed by atoms with E-state index in [1.165, 1.54) is 27.5 Å². The minimum atomic E-state index is 0.375. The van der Waals surface area contributed by atoms with Crippen molar-refractivity contribution < 1.29 is 4.74 Å². The quantitative estimate of drug-likeness (QED) is 0.422. The van der Waals surface area contributed by atoms with E-state index in [4.69, 9.17) is 16.3 Å². The maximum absolute atomic E-state index is 6.16. The summed E-state index contributed by atoms with van der Waals surface area (Å²) in [4.78, 5) is 0. The molecule has 0 radical (unpaired) electrons. The summed E-state index contributed by atoms with van der Waals surface area (Å²) in [6.07, 6.45) is 4.62. The van der Waals surface area contributed by atoms with Gasteiger partial charge in [0.05, 0.1) is 6.61 Å². The molecule has 0 N–H and O–H groups in total. The molecule has 0 amide bonds. The van der Waals surface area contributed by atoms with Crippen molar-refractivity contribution in [2.24, 2.45) is 5.92 Å². The van der Waals surface area contributed by atoms with E-state index < -0.39 is 0 Å². The average molecular weight is 427 g/mol. The van der Waals surface area contributed by atoms with Crippen molar-refractivity contribution in [2.45, 2.75) is 31.1 Å². The molecule has 3 rings (SSSR count). The van der Waals surface area contributed by atoms with E-state index in [2.05, 4.69) is 65.1 Å². The van der Waals surface area contributed by atoms with Crippen LogP contribution in [-0.4, -0.2) is 12.0 Å². The minimum Gasteiger partial charge on any atom is -0.493 e. The van der Waals surface area contributed by atoms with E-state index in [1.807, 2.05) is 6.07 Å². The summed E-state index contributed by atoms with van der Waals surface area (Å²) in [5.74, 6) is 1.61. The largest absolute Gasteiger partial charge is 0.493 e. The van der Waals surface area contributed by atoms with Crippen molar-refractivity contribution in [1.29, 1.82) is 0 Å². The number of ether oxygens (including phenoxy) is 1. The smallest absolute Gasteiger partial charge is 0.119 e. The van der Waals surface area contributed by atoms with Crippen molar-refractivity contribution in [3.05, 3.63) is 52.1 Å². The van der Waals surface area contributed by atoms with Gasteiger partial charge >= 0.3 is 0 Å². The number of alkyl halides is 1. The first kappa shape index (κ1) is 16.1. The zero-order valence-corrected chi connectivity index (χ0v) is 15.4. The number of hydrogen-bond donors (Lipinski definition) is 0. The molecule has 0 aromatic heterocycles. The molecule has 0 spiro atoms. The van der Waals surface area contributed by atoms with Gasteiger partial charge in [0.2, 0.25) is 0 Å². The highest BCUT2D eigenvalue weighted by Gasteiger charge is 2.19. The third kappa shape index (κ3) is 4.39. The van der Waals surface area contributed by atoms with Crippen LogP contribution in [0, 0.1) is 9.49 Å². The molecule has 0 aliphatic heterocycles. The second kappa shape index (κ2) is 7.69. The Hall–Kier alpha value is -0.740. The maximum atomic E-state index is 6.16. The first-order valence-corrected chi connectivity index (χ1v) is 9.35. The van der Waals surface area contributed by atoms with Crippen LogP contribution in [0.1, 0.15) is 25.7 Å². The van der Waals surface area contributed by atoms with Crippen molar-refractivity contribution >= 4 is 34.2 Å². The summed E-state index contributed by atoms with van der Waals surface area (Å²) >= 11 is 8.51. The molecule has 2 aromatic rings. The average Bonchev–Trinajstić information content (AvgIpc) is 2.55. The molecule has 1 saturated carbocycles. The lowest BCUT2D eigenvalue weighted by molar-refractivity contribution is 0.210. The van der Waals surface area contributed by atoms with Crippen molar-refractivity contribution in [1.82, 2.24) is 0 Å². The molecule has 0 unspecified atom stereocenters. The second-order valence-electron chi connectivity index (χ2n) is 5.97. The minimum absolute atomic E-state index is 0.375. The van der Waals surface area contributed by atoms with E-state index in [9.17, 15) is 0 Å². The van der Waals surface area contributed by atoms with Crippen LogP contribution >= 0.6 is 34.2 Å². The van der Waals surface area contributed by atoms with E-state index in [1.54, 1.807) is 0 Å². The molecule has 0 bridgehead atoms. The van der Waals surface area contributed by atoms with E-state index in [0.29, 0.717) is 11.3 Å². The predicted octanol–water partition coefficient (Wildman–Crippen LogP) is 6.13. The summed E-state index contributed by atoms with van der Waals surface area (Å²) in [5.41, 5.74) is 2.44. The summed E-state index contributed by atoms with van der Waals surface area (Å²) in [7, 11) is 0. The van der Waals surface area contributed by atoms with Crippen LogP contribution in [0.3, 0.4) is 0 Å². The Morgan fingerprint density at radius 2 is 1.64 bits per heavy atom. The van der Waals surface area contributed by atoms with Crippen LogP contribution in [0.25, 0.3) is 11.1 Å². The van der Waals surface area contributed by atoms with Crippen molar-refractivity contribution in [2.75, 3.05) is 6.61 Å². The summed E-state index contributed by atoms with van der Waals surface area (Å²) in [6.45, 7) is 0.805. The Balaban J connectivity index is 1.64. The molecule has 1 nitrogen and oxygen atoms in total. The van der Waals surface area contributed by atoms with Gasteiger partial charge in [0.25, 0.3) is 0 Å². The van der Waals surface area contributed by atoms with E-state index >= 15 is 0 Å². The first-order chi connectivity index (χ1) is 10.7. The SMILES string of the molecule is Cl[C@H]1CC[C@H](COc2cccc(-c3cccc(I)c3)c2)CC1. The fourth-order valence-electron chi connectivity index (χ4n) is 2.94. The van der Waals surface area contributed by atoms with Crippen LogP contribution in [-0.2, 0) is 0 Å². The van der Waals surface area contributed by atoms with Gasteiger partial charge in [-0.3, -0.25) is 0 Å². The van der Waals surface area contributed by atoms with Crippen LogP contribution in [0.5, 0.6) is 5.75 Å². The Bertz CT molecular complexity index is 620. The molecule has 3 heteroatoms. The van der Waals surface area contributed by atoms with Gasteiger partial charge in [-0.2, -0.15) is 0 Å². The Labute approximate surface area is 151 Å². The monoisotopic (exact) mass is 426 g/mol. The lowest BCUT2D eigenvalue weighted by Crippen LogP contribution is -2.20. The Morgan fingerprint density at radius 3 is 2.36 bits per heavy atom. The molecule has 1 aliphatic rings. The number of benzene rings is 2. The lowest BCUT2D eigenvalue weighted by atomic mass is 9.89. The van der Waals surface area contributed by atoms with Gasteiger partial charge in [0, 0.05) is 8.95 Å². The van der Waals surface area contributed by atoms with Crippen molar-refractivity contribution in [3.63, 3.8) is 0 Å². The third-order valence-corrected chi connectivity index (χ3v) is 5.36. The van der Waals surface area contributed by atoms with Gasteiger partial charge in [-0.1, -0.05) is 24.3 Å². The number of hydrogen-bond acceptors (Lipinski definition) is 1. The van der Waals surface area contributed by atoms with Gasteiger partial charge in [0.1, 0.15) is 5.75 Å². The summed E-state index contributed by atoms with van der Waals surface area (Å²) in [6, 6.07) is 16.9. The van der Waals surface area contributed by atoms with Gasteiger partial charge < -0.3 is 4.74 Å². The summed E-state index contributed by atoms with van der Waals surface area (Å²) < 4.78 is 7.28. The van der Waals surface area contributed by atoms with E-state index in [-0.39, 0.29) is 0 Å². The first-order valence-electron chi connectivity index (χ1n) is 7.83. The lowest BCUT2D eigenvalue weighted by Gasteiger charge is -2.24. The molecule has 1 aliphatic carbocycles. The third-order valence-electron chi connectivity index (χ3n) is 4.25. The maximum Gasteiger partial charge on any atom is 0.119 e. The molecule has 1 fully saturated rings. The topological polar surface area (TPSA) is 9.23 Å². The summed E-state index contributed by atoms with van der Waals surface area (Å²) in [5, 5.41) is 0.375. The number of rotatable bonds is 4. The van der Waals surface area contributed by atoms with Crippen LogP contribution in [0.4, 0.5) is 0 Å². The van der Waals surface area contributed by atoms with Crippen LogP contribution < -0.4 is 4.74 Å². The normalized spacial score (nSPS) is 21.5. The number of halogens is 2. The molecule has 116 valence electrons.